The minimum Gasteiger partial charge on any atom is -0.497 e. The first-order valence-corrected chi connectivity index (χ1v) is 10.7. The molecule has 0 radical (unpaired) electrons. The number of carboxylic acid groups (broad SMARTS) is 1. The lowest BCUT2D eigenvalue weighted by molar-refractivity contribution is -0.116. The maximum Gasteiger partial charge on any atom is 0.411 e. The normalized spacial score (nSPS) is 10.3. The van der Waals surface area contributed by atoms with Crippen molar-refractivity contribution in [2.45, 2.75) is 13.3 Å². The van der Waals surface area contributed by atoms with E-state index in [0.29, 0.717) is 35.3 Å². The number of carbonyl (C=O) groups is 2. The van der Waals surface area contributed by atoms with Crippen LogP contribution >= 0.6 is 0 Å². The van der Waals surface area contributed by atoms with Crippen molar-refractivity contribution >= 4 is 23.4 Å². The Morgan fingerprint density at radius 3 is 2.21 bits per heavy atom. The second kappa shape index (κ2) is 11.6. The third-order valence-corrected chi connectivity index (χ3v) is 4.97. The summed E-state index contributed by atoms with van der Waals surface area (Å²) in [5.41, 5.74) is 2.23. The molecule has 0 atom stereocenters. The highest BCUT2D eigenvalue weighted by Crippen LogP contribution is 2.30. The highest BCUT2D eigenvalue weighted by atomic mass is 16.5. The minimum atomic E-state index is -1.15. The molecule has 0 aliphatic carbocycles. The van der Waals surface area contributed by atoms with Crippen molar-refractivity contribution in [3.05, 3.63) is 60.7 Å². The predicted octanol–water partition coefficient (Wildman–Crippen LogP) is 4.68. The number of rotatable bonds is 10. The number of hydrogen-bond acceptors (Lipinski definition) is 6. The van der Waals surface area contributed by atoms with Gasteiger partial charge in [-0.25, -0.2) is 9.78 Å². The smallest absolute Gasteiger partial charge is 0.411 e. The first kappa shape index (κ1) is 24.4. The predicted molar refractivity (Wildman–Crippen MR) is 129 cm³/mol. The summed E-state index contributed by atoms with van der Waals surface area (Å²) in [5, 5.41) is 12.4. The Bertz CT molecular complexity index is 1120. The number of ether oxygens (including phenoxy) is 3. The number of hydrogen-bond donors (Lipinski definition) is 2. The van der Waals surface area contributed by atoms with Crippen LogP contribution < -0.4 is 24.4 Å². The molecule has 3 rings (SSSR count). The van der Waals surface area contributed by atoms with Gasteiger partial charge in [-0.05, 0) is 61.5 Å². The maximum atomic E-state index is 12.7. The third-order valence-electron chi connectivity index (χ3n) is 4.97. The molecule has 0 spiro atoms. The quantitative estimate of drug-likeness (QED) is 0.447. The van der Waals surface area contributed by atoms with E-state index in [-0.39, 0.29) is 18.9 Å². The van der Waals surface area contributed by atoms with Crippen LogP contribution in [0.3, 0.4) is 0 Å². The molecule has 9 nitrogen and oxygen atoms in total. The van der Waals surface area contributed by atoms with E-state index in [2.05, 4.69) is 10.3 Å². The van der Waals surface area contributed by atoms with E-state index in [1.165, 1.54) is 14.2 Å². The Hall–Kier alpha value is -4.27. The summed E-state index contributed by atoms with van der Waals surface area (Å²) in [6, 6.07) is 17.3. The second-order valence-corrected chi connectivity index (χ2v) is 7.14. The van der Waals surface area contributed by atoms with Gasteiger partial charge < -0.3 is 24.6 Å². The standard InChI is InChI=1S/C25H27N3O6/c1-4-34-20-9-5-17(6-10-20)24-21(13-14-23(27-24)33-3)26-22(29)15-16-28(25(30)31)18-7-11-19(32-2)12-8-18/h5-14H,4,15-16H2,1-3H3,(H,26,29)(H,30,31). The number of nitrogens with zero attached hydrogens (tertiary/aromatic N) is 2. The zero-order valence-electron chi connectivity index (χ0n) is 19.3. The first-order chi connectivity index (χ1) is 16.4. The fraction of sp³-hybridized carbons (Fsp3) is 0.240. The third kappa shape index (κ3) is 6.16. The second-order valence-electron chi connectivity index (χ2n) is 7.14. The van der Waals surface area contributed by atoms with E-state index < -0.39 is 6.09 Å². The van der Waals surface area contributed by atoms with E-state index in [1.807, 2.05) is 31.2 Å². The van der Waals surface area contributed by atoms with Gasteiger partial charge in [0.05, 0.1) is 32.2 Å². The minimum absolute atomic E-state index is 0.0184. The molecule has 0 saturated carbocycles. The van der Waals surface area contributed by atoms with Gasteiger partial charge in [0.15, 0.2) is 0 Å². The van der Waals surface area contributed by atoms with Gasteiger partial charge >= 0.3 is 6.09 Å². The van der Waals surface area contributed by atoms with Gasteiger partial charge in [-0.1, -0.05) is 0 Å². The number of pyridine rings is 1. The fourth-order valence-corrected chi connectivity index (χ4v) is 3.27. The van der Waals surface area contributed by atoms with Crippen molar-refractivity contribution in [1.82, 2.24) is 4.98 Å². The molecule has 178 valence electrons. The molecule has 2 amide bonds. The Kier molecular flexibility index (Phi) is 8.28. The summed E-state index contributed by atoms with van der Waals surface area (Å²) < 4.78 is 15.8. The molecule has 2 N–H and O–H groups in total. The van der Waals surface area contributed by atoms with E-state index in [9.17, 15) is 14.7 Å². The number of carbonyl (C=O) groups excluding carboxylic acids is 1. The number of methoxy groups -OCH3 is 2. The highest BCUT2D eigenvalue weighted by Gasteiger charge is 2.18. The summed E-state index contributed by atoms with van der Waals surface area (Å²) in [5.74, 6) is 1.39. The molecular weight excluding hydrogens is 438 g/mol. The molecule has 0 unspecified atom stereocenters. The average molecular weight is 466 g/mol. The van der Waals surface area contributed by atoms with Crippen LogP contribution in [0.4, 0.5) is 16.2 Å². The molecule has 0 saturated heterocycles. The average Bonchev–Trinajstić information content (AvgIpc) is 2.85. The molecule has 0 aliphatic heterocycles. The van der Waals surface area contributed by atoms with Gasteiger partial charge in [0.1, 0.15) is 11.5 Å². The van der Waals surface area contributed by atoms with Crippen LogP contribution in [0.5, 0.6) is 17.4 Å². The first-order valence-electron chi connectivity index (χ1n) is 10.7. The maximum absolute atomic E-state index is 12.7. The number of nitrogens with one attached hydrogen (secondary N) is 1. The van der Waals surface area contributed by atoms with E-state index in [1.54, 1.807) is 36.4 Å². The molecule has 0 aliphatic rings. The summed E-state index contributed by atoms with van der Waals surface area (Å²) in [6.07, 6.45) is -1.20. The van der Waals surface area contributed by atoms with Gasteiger partial charge in [0.25, 0.3) is 0 Å². The summed E-state index contributed by atoms with van der Waals surface area (Å²) in [7, 11) is 3.05. The summed E-state index contributed by atoms with van der Waals surface area (Å²) in [6.45, 7) is 2.45. The Labute approximate surface area is 197 Å². The monoisotopic (exact) mass is 465 g/mol. The van der Waals surface area contributed by atoms with Gasteiger partial charge in [-0.2, -0.15) is 0 Å². The van der Waals surface area contributed by atoms with Crippen LogP contribution in [-0.2, 0) is 4.79 Å². The van der Waals surface area contributed by atoms with Gasteiger partial charge in [0, 0.05) is 30.3 Å². The van der Waals surface area contributed by atoms with Crippen molar-refractivity contribution in [3.63, 3.8) is 0 Å². The largest absolute Gasteiger partial charge is 0.497 e. The zero-order chi connectivity index (χ0) is 24.5. The molecule has 0 fully saturated rings. The fourth-order valence-electron chi connectivity index (χ4n) is 3.27. The molecule has 0 bridgehead atoms. The van der Waals surface area contributed by atoms with Crippen molar-refractivity contribution < 1.29 is 28.9 Å². The summed E-state index contributed by atoms with van der Waals surface area (Å²) in [4.78, 5) is 30.0. The lowest BCUT2D eigenvalue weighted by Crippen LogP contribution is -2.32. The Balaban J connectivity index is 1.74. The van der Waals surface area contributed by atoms with Crippen molar-refractivity contribution in [3.8, 4) is 28.6 Å². The van der Waals surface area contributed by atoms with Crippen LogP contribution in [0.2, 0.25) is 0 Å². The Morgan fingerprint density at radius 1 is 0.941 bits per heavy atom. The lowest BCUT2D eigenvalue weighted by atomic mass is 10.1. The SMILES string of the molecule is CCOc1ccc(-c2nc(OC)ccc2NC(=O)CCN(C(=O)O)c2ccc(OC)cc2)cc1. The molecule has 1 aromatic heterocycles. The van der Waals surface area contributed by atoms with Crippen LogP contribution in [0.1, 0.15) is 13.3 Å². The van der Waals surface area contributed by atoms with Crippen LogP contribution in [0.15, 0.2) is 60.7 Å². The zero-order valence-corrected chi connectivity index (χ0v) is 19.3. The van der Waals surface area contributed by atoms with Gasteiger partial charge in [-0.3, -0.25) is 9.69 Å². The Morgan fingerprint density at radius 2 is 1.62 bits per heavy atom. The lowest BCUT2D eigenvalue weighted by Gasteiger charge is -2.19. The van der Waals surface area contributed by atoms with Crippen molar-refractivity contribution in [2.24, 2.45) is 0 Å². The molecule has 9 heteroatoms. The van der Waals surface area contributed by atoms with Crippen LogP contribution in [0, 0.1) is 0 Å². The van der Waals surface area contributed by atoms with Gasteiger partial charge in [-0.15, -0.1) is 0 Å². The molecule has 1 heterocycles. The van der Waals surface area contributed by atoms with E-state index in [0.717, 1.165) is 16.2 Å². The number of aromatic nitrogens is 1. The van der Waals surface area contributed by atoms with E-state index in [4.69, 9.17) is 14.2 Å². The molecule has 2 aromatic carbocycles. The number of amides is 2. The molecular formula is C25H27N3O6. The topological polar surface area (TPSA) is 110 Å². The highest BCUT2D eigenvalue weighted by molar-refractivity contribution is 5.96. The van der Waals surface area contributed by atoms with Crippen molar-refractivity contribution in [2.75, 3.05) is 37.6 Å². The molecule has 34 heavy (non-hydrogen) atoms. The van der Waals surface area contributed by atoms with Crippen LogP contribution in [-0.4, -0.2) is 49.5 Å². The number of anilines is 2. The van der Waals surface area contributed by atoms with Crippen LogP contribution in [0.25, 0.3) is 11.3 Å². The van der Waals surface area contributed by atoms with Gasteiger partial charge in [0.2, 0.25) is 11.8 Å². The van der Waals surface area contributed by atoms with E-state index >= 15 is 0 Å². The summed E-state index contributed by atoms with van der Waals surface area (Å²) >= 11 is 0. The number of benzene rings is 2. The molecule has 3 aromatic rings. The van der Waals surface area contributed by atoms with Crippen molar-refractivity contribution in [1.29, 1.82) is 0 Å².